The lowest BCUT2D eigenvalue weighted by Crippen LogP contribution is -2.15. The van der Waals surface area contributed by atoms with Gasteiger partial charge in [0, 0.05) is 0 Å². The molecular formula is C22H34O2. The average Bonchev–Trinajstić information content (AvgIpc) is 3.21. The van der Waals surface area contributed by atoms with Crippen LogP contribution in [0.2, 0.25) is 0 Å². The fraction of sp³-hybridized carbons (Fsp3) is 0.682. The van der Waals surface area contributed by atoms with Crippen LogP contribution in [0.1, 0.15) is 81.5 Å². The van der Waals surface area contributed by atoms with Gasteiger partial charge in [0.15, 0.2) is 0 Å². The van der Waals surface area contributed by atoms with Crippen molar-refractivity contribution in [1.29, 1.82) is 0 Å². The number of carboxylic acid groups (broad SMARTS) is 1. The van der Waals surface area contributed by atoms with E-state index in [2.05, 4.69) is 46.8 Å². The summed E-state index contributed by atoms with van der Waals surface area (Å²) in [7, 11) is 0. The zero-order valence-corrected chi connectivity index (χ0v) is 16.2. The highest BCUT2D eigenvalue weighted by Crippen LogP contribution is 2.50. The maximum Gasteiger partial charge on any atom is 0.309 e. The molecule has 0 aromatic heterocycles. The van der Waals surface area contributed by atoms with Crippen LogP contribution in [0.15, 0.2) is 12.1 Å². The van der Waals surface area contributed by atoms with Crippen molar-refractivity contribution in [2.75, 3.05) is 0 Å². The van der Waals surface area contributed by atoms with E-state index in [1.54, 1.807) is 0 Å². The number of aliphatic carboxylic acids is 1. The molecule has 1 aromatic carbocycles. The number of hydrogen-bond acceptors (Lipinski definition) is 1. The number of carboxylic acids is 1. The Morgan fingerprint density at radius 2 is 1.79 bits per heavy atom. The molecule has 1 fully saturated rings. The SMILES string of the molecule is Cc1cc(C)c(CCCC2(C(=O)O)CC2)c(CCCC(C)(C)C)c1. The zero-order valence-electron chi connectivity index (χ0n) is 16.2. The van der Waals surface area contributed by atoms with Gasteiger partial charge in [-0.25, -0.2) is 0 Å². The first-order chi connectivity index (χ1) is 11.1. The lowest BCUT2D eigenvalue weighted by Gasteiger charge is -2.19. The molecule has 1 saturated carbocycles. The van der Waals surface area contributed by atoms with E-state index in [-0.39, 0.29) is 5.41 Å². The Bertz CT molecular complexity index is 589. The van der Waals surface area contributed by atoms with Gasteiger partial charge in [0.05, 0.1) is 5.41 Å². The second-order valence-electron chi connectivity index (χ2n) is 9.07. The molecule has 0 bridgehead atoms. The molecule has 1 N–H and O–H groups in total. The van der Waals surface area contributed by atoms with Crippen LogP contribution in [0, 0.1) is 24.7 Å². The highest BCUT2D eigenvalue weighted by molar-refractivity contribution is 5.77. The second-order valence-corrected chi connectivity index (χ2v) is 9.07. The van der Waals surface area contributed by atoms with Gasteiger partial charge in [-0.3, -0.25) is 4.79 Å². The largest absolute Gasteiger partial charge is 0.481 e. The van der Waals surface area contributed by atoms with Gasteiger partial charge in [0.2, 0.25) is 0 Å². The van der Waals surface area contributed by atoms with Crippen molar-refractivity contribution >= 4 is 5.97 Å². The second kappa shape index (κ2) is 7.29. The van der Waals surface area contributed by atoms with Gasteiger partial charge in [-0.1, -0.05) is 38.5 Å². The van der Waals surface area contributed by atoms with Crippen molar-refractivity contribution in [3.8, 4) is 0 Å². The Morgan fingerprint density at radius 3 is 2.33 bits per heavy atom. The van der Waals surface area contributed by atoms with Crippen LogP contribution >= 0.6 is 0 Å². The van der Waals surface area contributed by atoms with E-state index in [4.69, 9.17) is 0 Å². The number of carbonyl (C=O) groups is 1. The topological polar surface area (TPSA) is 37.3 Å². The van der Waals surface area contributed by atoms with Crippen molar-refractivity contribution in [2.45, 2.75) is 86.0 Å². The molecule has 134 valence electrons. The van der Waals surface area contributed by atoms with Gasteiger partial charge in [-0.15, -0.1) is 0 Å². The molecule has 0 saturated heterocycles. The molecule has 0 atom stereocenters. The van der Waals surface area contributed by atoms with Crippen molar-refractivity contribution < 1.29 is 9.90 Å². The summed E-state index contributed by atoms with van der Waals surface area (Å²) in [5.41, 5.74) is 5.67. The average molecular weight is 331 g/mol. The summed E-state index contributed by atoms with van der Waals surface area (Å²) >= 11 is 0. The Hall–Kier alpha value is -1.31. The third-order valence-electron chi connectivity index (χ3n) is 5.47. The first-order valence-corrected chi connectivity index (χ1v) is 9.45. The fourth-order valence-corrected chi connectivity index (χ4v) is 3.80. The molecule has 1 aromatic rings. The van der Waals surface area contributed by atoms with Gasteiger partial charge in [0.25, 0.3) is 0 Å². The van der Waals surface area contributed by atoms with Gasteiger partial charge in [-0.2, -0.15) is 0 Å². The Labute approximate surface area is 147 Å². The highest BCUT2D eigenvalue weighted by atomic mass is 16.4. The fourth-order valence-electron chi connectivity index (χ4n) is 3.80. The van der Waals surface area contributed by atoms with Gasteiger partial charge in [0.1, 0.15) is 0 Å². The van der Waals surface area contributed by atoms with Crippen LogP contribution in [0.4, 0.5) is 0 Å². The van der Waals surface area contributed by atoms with Crippen LogP contribution in [0.3, 0.4) is 0 Å². The molecule has 0 unspecified atom stereocenters. The zero-order chi connectivity index (χ0) is 18.0. The normalized spacial score (nSPS) is 16.2. The molecule has 0 spiro atoms. The minimum Gasteiger partial charge on any atom is -0.481 e. The van der Waals surface area contributed by atoms with E-state index in [9.17, 15) is 9.90 Å². The summed E-state index contributed by atoms with van der Waals surface area (Å²) in [5, 5.41) is 9.34. The van der Waals surface area contributed by atoms with Crippen LogP contribution in [-0.4, -0.2) is 11.1 Å². The van der Waals surface area contributed by atoms with E-state index < -0.39 is 5.97 Å². The first kappa shape index (κ1) is 19.0. The van der Waals surface area contributed by atoms with E-state index >= 15 is 0 Å². The lowest BCUT2D eigenvalue weighted by molar-refractivity contribution is -0.143. The summed E-state index contributed by atoms with van der Waals surface area (Å²) in [6.45, 7) is 11.3. The number of aryl methyl sites for hydroxylation is 3. The summed E-state index contributed by atoms with van der Waals surface area (Å²) in [4.78, 5) is 11.3. The standard InChI is InChI=1S/C22H34O2/c1-16-14-17(2)19(9-7-11-22(12-13-22)20(23)24)18(15-16)8-6-10-21(3,4)5/h14-15H,6-13H2,1-5H3,(H,23,24). The number of benzene rings is 1. The molecule has 1 aliphatic carbocycles. The molecule has 24 heavy (non-hydrogen) atoms. The first-order valence-electron chi connectivity index (χ1n) is 9.45. The predicted octanol–water partition coefficient (Wildman–Crippen LogP) is 5.86. The van der Waals surface area contributed by atoms with Crippen molar-refractivity contribution in [1.82, 2.24) is 0 Å². The van der Waals surface area contributed by atoms with Gasteiger partial charge >= 0.3 is 5.97 Å². The molecular weight excluding hydrogens is 296 g/mol. The minimum atomic E-state index is -0.589. The molecule has 0 radical (unpaired) electrons. The van der Waals surface area contributed by atoms with E-state index in [0.717, 1.165) is 38.5 Å². The third-order valence-corrected chi connectivity index (χ3v) is 5.47. The Kier molecular flexibility index (Phi) is 5.78. The van der Waals surface area contributed by atoms with E-state index in [1.165, 1.54) is 35.1 Å². The molecule has 0 heterocycles. The molecule has 1 aliphatic rings. The Balaban J connectivity index is 2.00. The maximum absolute atomic E-state index is 11.3. The molecule has 2 rings (SSSR count). The van der Waals surface area contributed by atoms with E-state index in [0.29, 0.717) is 5.41 Å². The quantitative estimate of drug-likeness (QED) is 0.648. The van der Waals surface area contributed by atoms with Gasteiger partial charge < -0.3 is 5.11 Å². The van der Waals surface area contributed by atoms with E-state index in [1.807, 2.05) is 0 Å². The summed E-state index contributed by atoms with van der Waals surface area (Å²) < 4.78 is 0. The molecule has 2 nitrogen and oxygen atoms in total. The molecule has 0 aliphatic heterocycles. The van der Waals surface area contributed by atoms with Crippen LogP contribution in [0.25, 0.3) is 0 Å². The predicted molar refractivity (Wildman–Crippen MR) is 101 cm³/mol. The monoisotopic (exact) mass is 330 g/mol. The Morgan fingerprint density at radius 1 is 1.12 bits per heavy atom. The van der Waals surface area contributed by atoms with Crippen molar-refractivity contribution in [2.24, 2.45) is 10.8 Å². The number of rotatable bonds is 8. The summed E-state index contributed by atoms with van der Waals surface area (Å²) in [5.74, 6) is -0.589. The maximum atomic E-state index is 11.3. The smallest absolute Gasteiger partial charge is 0.309 e. The number of hydrogen-bond donors (Lipinski definition) is 1. The molecule has 0 amide bonds. The van der Waals surface area contributed by atoms with Crippen molar-refractivity contribution in [3.05, 3.63) is 34.4 Å². The van der Waals surface area contributed by atoms with Gasteiger partial charge in [-0.05, 0) is 87.3 Å². The van der Waals surface area contributed by atoms with Crippen LogP contribution in [-0.2, 0) is 17.6 Å². The summed E-state index contributed by atoms with van der Waals surface area (Å²) in [6, 6.07) is 4.61. The van der Waals surface area contributed by atoms with Crippen LogP contribution < -0.4 is 0 Å². The third kappa shape index (κ3) is 5.09. The molecule has 2 heteroatoms. The minimum absolute atomic E-state index is 0.384. The van der Waals surface area contributed by atoms with Crippen molar-refractivity contribution in [3.63, 3.8) is 0 Å². The summed E-state index contributed by atoms with van der Waals surface area (Å²) in [6.07, 6.45) is 8.17. The van der Waals surface area contributed by atoms with Crippen LogP contribution in [0.5, 0.6) is 0 Å². The highest BCUT2D eigenvalue weighted by Gasteiger charge is 2.49. The lowest BCUT2D eigenvalue weighted by atomic mass is 9.86.